The SMILES string of the molecule is O=[N+]([O-])c1cc(CS(=O)O)cc(I)c1O. The van der Waals surface area contributed by atoms with Gasteiger partial charge in [0.1, 0.15) is 0 Å². The highest BCUT2D eigenvalue weighted by Gasteiger charge is 2.18. The molecule has 0 aliphatic carbocycles. The van der Waals surface area contributed by atoms with Gasteiger partial charge in [0.2, 0.25) is 5.75 Å². The molecule has 15 heavy (non-hydrogen) atoms. The molecule has 1 atom stereocenters. The van der Waals surface area contributed by atoms with Crippen molar-refractivity contribution in [2.45, 2.75) is 5.75 Å². The largest absolute Gasteiger partial charge is 0.501 e. The van der Waals surface area contributed by atoms with Crippen LogP contribution in [0.15, 0.2) is 12.1 Å². The third kappa shape index (κ3) is 3.11. The number of phenolic OH excluding ortho intramolecular Hbond substituents is 1. The van der Waals surface area contributed by atoms with Gasteiger partial charge in [-0.25, -0.2) is 4.21 Å². The van der Waals surface area contributed by atoms with E-state index < -0.39 is 27.4 Å². The fourth-order valence-corrected chi connectivity index (χ4v) is 2.13. The quantitative estimate of drug-likeness (QED) is 0.376. The maximum Gasteiger partial charge on any atom is 0.312 e. The van der Waals surface area contributed by atoms with E-state index in [0.717, 1.165) is 6.07 Å². The molecule has 0 fully saturated rings. The third-order valence-electron chi connectivity index (χ3n) is 1.59. The van der Waals surface area contributed by atoms with Gasteiger partial charge in [0, 0.05) is 6.07 Å². The molecule has 1 unspecified atom stereocenters. The van der Waals surface area contributed by atoms with E-state index in [-0.39, 0.29) is 9.32 Å². The molecule has 0 aliphatic rings. The lowest BCUT2D eigenvalue weighted by Crippen LogP contribution is -1.97. The van der Waals surface area contributed by atoms with E-state index in [1.165, 1.54) is 6.07 Å². The maximum atomic E-state index is 10.5. The highest BCUT2D eigenvalue weighted by atomic mass is 127. The molecule has 1 aromatic carbocycles. The first-order chi connectivity index (χ1) is 6.91. The van der Waals surface area contributed by atoms with Crippen LogP contribution in [0.2, 0.25) is 0 Å². The van der Waals surface area contributed by atoms with Crippen molar-refractivity contribution >= 4 is 39.4 Å². The molecular weight excluding hydrogens is 337 g/mol. The summed E-state index contributed by atoms with van der Waals surface area (Å²) in [6.07, 6.45) is 0. The van der Waals surface area contributed by atoms with Crippen LogP contribution in [0.3, 0.4) is 0 Å². The lowest BCUT2D eigenvalue weighted by Gasteiger charge is -2.02. The molecule has 0 aromatic heterocycles. The number of hydrogen-bond donors (Lipinski definition) is 2. The van der Waals surface area contributed by atoms with E-state index in [2.05, 4.69) is 0 Å². The van der Waals surface area contributed by atoms with Gasteiger partial charge in [-0.15, -0.1) is 0 Å². The van der Waals surface area contributed by atoms with Crippen LogP contribution in [0.1, 0.15) is 5.56 Å². The summed E-state index contributed by atoms with van der Waals surface area (Å²) in [6.45, 7) is 0. The summed E-state index contributed by atoms with van der Waals surface area (Å²) in [7, 11) is 0. The van der Waals surface area contributed by atoms with Crippen molar-refractivity contribution < 1.29 is 18.8 Å². The average Bonchev–Trinajstić information content (AvgIpc) is 2.09. The summed E-state index contributed by atoms with van der Waals surface area (Å²) in [4.78, 5) is 9.78. The van der Waals surface area contributed by atoms with Gasteiger partial charge in [0.05, 0.1) is 14.2 Å². The Kier molecular flexibility index (Phi) is 3.99. The van der Waals surface area contributed by atoms with Gasteiger partial charge in [0.25, 0.3) is 0 Å². The van der Waals surface area contributed by atoms with Crippen molar-refractivity contribution in [1.29, 1.82) is 0 Å². The summed E-state index contributed by atoms with van der Waals surface area (Å²) < 4.78 is 19.4. The van der Waals surface area contributed by atoms with Gasteiger partial charge in [-0.3, -0.25) is 10.1 Å². The molecule has 2 N–H and O–H groups in total. The second kappa shape index (κ2) is 4.86. The summed E-state index contributed by atoms with van der Waals surface area (Å²) in [5.74, 6) is -0.620. The van der Waals surface area contributed by atoms with Crippen molar-refractivity contribution in [2.75, 3.05) is 0 Å². The van der Waals surface area contributed by atoms with Crippen LogP contribution in [-0.2, 0) is 16.8 Å². The van der Waals surface area contributed by atoms with Gasteiger partial charge in [0.15, 0.2) is 11.1 Å². The second-order valence-electron chi connectivity index (χ2n) is 2.67. The summed E-state index contributed by atoms with van der Waals surface area (Å²) in [5.41, 5.74) is -0.118. The second-order valence-corrected chi connectivity index (χ2v) is 4.76. The van der Waals surface area contributed by atoms with Gasteiger partial charge in [-0.05, 0) is 34.2 Å². The Morgan fingerprint density at radius 3 is 2.60 bits per heavy atom. The summed E-state index contributed by atoms with van der Waals surface area (Å²) in [5, 5.41) is 19.9. The molecule has 0 spiro atoms. The van der Waals surface area contributed by atoms with Crippen LogP contribution in [0, 0.1) is 13.7 Å². The Labute approximate surface area is 101 Å². The van der Waals surface area contributed by atoms with Gasteiger partial charge in [-0.1, -0.05) is 0 Å². The Morgan fingerprint density at radius 1 is 1.53 bits per heavy atom. The molecule has 8 heteroatoms. The minimum atomic E-state index is -2.06. The van der Waals surface area contributed by atoms with Crippen molar-refractivity contribution in [1.82, 2.24) is 0 Å². The Bertz CT molecular complexity index is 436. The average molecular weight is 343 g/mol. The highest BCUT2D eigenvalue weighted by Crippen LogP contribution is 2.32. The number of rotatable bonds is 3. The number of nitro groups is 1. The van der Waals surface area contributed by atoms with Crippen LogP contribution in [0.25, 0.3) is 0 Å². The van der Waals surface area contributed by atoms with Gasteiger partial charge >= 0.3 is 5.69 Å². The fourth-order valence-electron chi connectivity index (χ4n) is 1.00. The lowest BCUT2D eigenvalue weighted by atomic mass is 10.2. The first-order valence-electron chi connectivity index (χ1n) is 3.65. The molecule has 0 bridgehead atoms. The topological polar surface area (TPSA) is 101 Å². The first-order valence-corrected chi connectivity index (χ1v) is 6.00. The van der Waals surface area contributed by atoms with Crippen LogP contribution in [0.5, 0.6) is 5.75 Å². The molecule has 6 nitrogen and oxygen atoms in total. The minimum absolute atomic E-state index is 0.197. The van der Waals surface area contributed by atoms with Crippen LogP contribution in [0.4, 0.5) is 5.69 Å². The smallest absolute Gasteiger partial charge is 0.312 e. The summed E-state index contributed by atoms with van der Waals surface area (Å²) in [6, 6.07) is 2.52. The Morgan fingerprint density at radius 2 is 2.13 bits per heavy atom. The molecule has 0 heterocycles. The third-order valence-corrected chi connectivity index (χ3v) is 2.99. The monoisotopic (exact) mass is 343 g/mol. The predicted molar refractivity (Wildman–Crippen MR) is 62.0 cm³/mol. The van der Waals surface area contributed by atoms with Gasteiger partial charge < -0.3 is 9.66 Å². The van der Waals surface area contributed by atoms with Crippen LogP contribution in [-0.4, -0.2) is 18.8 Å². The number of nitrogens with zero attached hydrogens (tertiary/aromatic N) is 1. The van der Waals surface area contributed by atoms with E-state index in [0.29, 0.717) is 5.56 Å². The van der Waals surface area contributed by atoms with Gasteiger partial charge in [-0.2, -0.15) is 0 Å². The molecule has 0 aliphatic heterocycles. The molecule has 1 aromatic rings. The number of phenols is 1. The Balaban J connectivity index is 3.23. The zero-order chi connectivity index (χ0) is 11.6. The van der Waals surface area contributed by atoms with E-state index in [4.69, 9.17) is 4.55 Å². The van der Waals surface area contributed by atoms with Crippen LogP contribution >= 0.6 is 22.6 Å². The number of halogens is 1. The molecule has 1 rings (SSSR count). The number of hydrogen-bond acceptors (Lipinski definition) is 4. The highest BCUT2D eigenvalue weighted by molar-refractivity contribution is 14.1. The molecule has 0 saturated carbocycles. The van der Waals surface area contributed by atoms with E-state index >= 15 is 0 Å². The van der Waals surface area contributed by atoms with E-state index in [9.17, 15) is 19.4 Å². The number of aromatic hydroxyl groups is 1. The lowest BCUT2D eigenvalue weighted by molar-refractivity contribution is -0.386. The Hall–Kier alpha value is -0.740. The predicted octanol–water partition coefficient (Wildman–Crippen LogP) is 1.63. The number of nitro benzene ring substituents is 1. The zero-order valence-electron chi connectivity index (χ0n) is 7.21. The molecule has 0 saturated heterocycles. The summed E-state index contributed by atoms with van der Waals surface area (Å²) >= 11 is -0.340. The van der Waals surface area contributed by atoms with E-state index in [1.54, 1.807) is 22.6 Å². The molecular formula is C7H6INO5S. The molecule has 82 valence electrons. The van der Waals surface area contributed by atoms with E-state index in [1.807, 2.05) is 0 Å². The van der Waals surface area contributed by atoms with Crippen molar-refractivity contribution in [3.8, 4) is 5.75 Å². The van der Waals surface area contributed by atoms with Crippen molar-refractivity contribution in [2.24, 2.45) is 0 Å². The maximum absolute atomic E-state index is 10.5. The standard InChI is InChI=1S/C7H6INO5S/c8-5-1-4(3-15(13)14)2-6(7(5)10)9(11)12/h1-2,10H,3H2,(H,13,14). The van der Waals surface area contributed by atoms with Crippen molar-refractivity contribution in [3.63, 3.8) is 0 Å². The fraction of sp³-hybridized carbons (Fsp3) is 0.143. The first kappa shape index (κ1) is 12.3. The number of benzene rings is 1. The minimum Gasteiger partial charge on any atom is -0.501 e. The van der Waals surface area contributed by atoms with Crippen LogP contribution < -0.4 is 0 Å². The molecule has 0 radical (unpaired) electrons. The zero-order valence-corrected chi connectivity index (χ0v) is 10.2. The molecule has 0 amide bonds. The van der Waals surface area contributed by atoms with Crippen molar-refractivity contribution in [3.05, 3.63) is 31.4 Å². The normalized spacial score (nSPS) is 12.4.